The van der Waals surface area contributed by atoms with Crippen LogP contribution in [0.4, 0.5) is 0 Å². The third-order valence-corrected chi connectivity index (χ3v) is 4.39. The topological polar surface area (TPSA) is 79.4 Å². The molecule has 0 unspecified atom stereocenters. The van der Waals surface area contributed by atoms with Crippen LogP contribution in [0.2, 0.25) is 0 Å². The van der Waals surface area contributed by atoms with Crippen molar-refractivity contribution in [2.24, 2.45) is 5.10 Å². The highest BCUT2D eigenvalue weighted by Crippen LogP contribution is 2.21. The summed E-state index contributed by atoms with van der Waals surface area (Å²) in [5.74, 6) is 0.434. The Balaban J connectivity index is 1.70. The lowest BCUT2D eigenvalue weighted by Crippen LogP contribution is -2.19. The first-order valence-electron chi connectivity index (χ1n) is 7.25. The number of amides is 1. The van der Waals surface area contributed by atoms with Crippen LogP contribution in [0.15, 0.2) is 52.9 Å². The number of aromatic nitrogens is 2. The third kappa shape index (κ3) is 3.52. The molecule has 0 radical (unpaired) electrons. The number of rotatable bonds is 5. The standard InChI is InChI=1S/C17H16N4O2S/c1-11(16-4-3-9-24-16)18-21-17(22)15-10-14(19-20-15)12-5-7-13(23-2)8-6-12/h3-10H,1-2H3,(H,19,20)(H,21,22)/b18-11-. The summed E-state index contributed by atoms with van der Waals surface area (Å²) in [5, 5.41) is 13.0. The number of carbonyl (C=O) groups excluding carboxylic acids is 1. The number of H-pyrrole nitrogens is 1. The van der Waals surface area contributed by atoms with Crippen molar-refractivity contribution in [1.29, 1.82) is 0 Å². The first-order chi connectivity index (χ1) is 11.7. The second-order valence-corrected chi connectivity index (χ2v) is 5.96. The van der Waals surface area contributed by atoms with Gasteiger partial charge in [-0.15, -0.1) is 11.3 Å². The van der Waals surface area contributed by atoms with Gasteiger partial charge in [0.25, 0.3) is 5.91 Å². The van der Waals surface area contributed by atoms with Gasteiger partial charge in [0.15, 0.2) is 0 Å². The molecule has 2 heterocycles. The van der Waals surface area contributed by atoms with Crippen LogP contribution >= 0.6 is 11.3 Å². The van der Waals surface area contributed by atoms with E-state index < -0.39 is 0 Å². The smallest absolute Gasteiger partial charge is 0.289 e. The van der Waals surface area contributed by atoms with E-state index >= 15 is 0 Å². The van der Waals surface area contributed by atoms with E-state index in [4.69, 9.17) is 4.74 Å². The van der Waals surface area contributed by atoms with E-state index in [1.807, 2.05) is 48.7 Å². The van der Waals surface area contributed by atoms with Crippen LogP contribution < -0.4 is 10.2 Å². The van der Waals surface area contributed by atoms with Gasteiger partial charge < -0.3 is 4.74 Å². The Hall–Kier alpha value is -2.93. The summed E-state index contributed by atoms with van der Waals surface area (Å²) in [6.45, 7) is 1.85. The molecule has 0 bridgehead atoms. The molecule has 24 heavy (non-hydrogen) atoms. The zero-order valence-corrected chi connectivity index (χ0v) is 14.1. The predicted molar refractivity (Wildman–Crippen MR) is 94.6 cm³/mol. The Bertz CT molecular complexity index is 851. The second kappa shape index (κ2) is 7.10. The number of nitrogens with zero attached hydrogens (tertiary/aromatic N) is 2. The van der Waals surface area contributed by atoms with Gasteiger partial charge in [-0.2, -0.15) is 10.2 Å². The molecule has 7 heteroatoms. The number of nitrogens with one attached hydrogen (secondary N) is 2. The maximum Gasteiger partial charge on any atom is 0.289 e. The summed E-state index contributed by atoms with van der Waals surface area (Å²) in [5.41, 5.74) is 5.22. The number of methoxy groups -OCH3 is 1. The van der Waals surface area contributed by atoms with Crippen LogP contribution in [-0.2, 0) is 0 Å². The molecular weight excluding hydrogens is 324 g/mol. The molecule has 3 rings (SSSR count). The van der Waals surface area contributed by atoms with Crippen molar-refractivity contribution >= 4 is 23.0 Å². The molecule has 122 valence electrons. The molecule has 2 N–H and O–H groups in total. The van der Waals surface area contributed by atoms with E-state index in [2.05, 4.69) is 20.7 Å². The average molecular weight is 340 g/mol. The fourth-order valence-electron chi connectivity index (χ4n) is 2.08. The molecule has 0 aliphatic carbocycles. The van der Waals surface area contributed by atoms with Crippen molar-refractivity contribution in [3.05, 3.63) is 58.4 Å². The molecule has 0 atom stereocenters. The Labute approximate surface area is 143 Å². The molecule has 0 saturated carbocycles. The van der Waals surface area contributed by atoms with Crippen molar-refractivity contribution < 1.29 is 9.53 Å². The Kier molecular flexibility index (Phi) is 4.72. The van der Waals surface area contributed by atoms with E-state index in [1.54, 1.807) is 24.5 Å². The molecule has 0 aliphatic rings. The summed E-state index contributed by atoms with van der Waals surface area (Å²) >= 11 is 1.57. The zero-order valence-electron chi connectivity index (χ0n) is 13.2. The molecule has 1 amide bonds. The first kappa shape index (κ1) is 15.9. The zero-order chi connectivity index (χ0) is 16.9. The van der Waals surface area contributed by atoms with Crippen LogP contribution in [-0.4, -0.2) is 28.9 Å². The van der Waals surface area contributed by atoms with Crippen molar-refractivity contribution in [3.8, 4) is 17.0 Å². The molecular formula is C17H16N4O2S. The van der Waals surface area contributed by atoms with E-state index in [0.717, 1.165) is 21.9 Å². The highest BCUT2D eigenvalue weighted by atomic mass is 32.1. The van der Waals surface area contributed by atoms with Gasteiger partial charge in [0, 0.05) is 10.4 Å². The van der Waals surface area contributed by atoms with Gasteiger partial charge in [0.1, 0.15) is 11.4 Å². The van der Waals surface area contributed by atoms with E-state index in [-0.39, 0.29) is 5.91 Å². The van der Waals surface area contributed by atoms with Gasteiger partial charge in [-0.25, -0.2) is 5.43 Å². The Morgan fingerprint density at radius 2 is 2.08 bits per heavy atom. The lowest BCUT2D eigenvalue weighted by molar-refractivity contribution is 0.0950. The van der Waals surface area contributed by atoms with Gasteiger partial charge >= 0.3 is 0 Å². The summed E-state index contributed by atoms with van der Waals surface area (Å²) in [7, 11) is 1.62. The molecule has 0 fully saturated rings. The molecule has 6 nitrogen and oxygen atoms in total. The number of hydrogen-bond donors (Lipinski definition) is 2. The molecule has 0 spiro atoms. The fraction of sp³-hybridized carbons (Fsp3) is 0.118. The summed E-state index contributed by atoms with van der Waals surface area (Å²) < 4.78 is 5.13. The number of aromatic amines is 1. The Morgan fingerprint density at radius 1 is 1.29 bits per heavy atom. The molecule has 2 aromatic heterocycles. The minimum Gasteiger partial charge on any atom is -0.497 e. The number of thiophene rings is 1. The van der Waals surface area contributed by atoms with E-state index in [1.165, 1.54) is 0 Å². The van der Waals surface area contributed by atoms with Gasteiger partial charge in [0.2, 0.25) is 0 Å². The van der Waals surface area contributed by atoms with E-state index in [0.29, 0.717) is 11.4 Å². The lowest BCUT2D eigenvalue weighted by Gasteiger charge is -2.00. The van der Waals surface area contributed by atoms with Gasteiger partial charge in [-0.05, 0) is 48.7 Å². The van der Waals surface area contributed by atoms with E-state index in [9.17, 15) is 4.79 Å². The SMILES string of the molecule is COc1ccc(-c2cc(C(=O)N/N=C(/C)c3cccs3)[nH]n2)cc1. The summed E-state index contributed by atoms with van der Waals surface area (Å²) in [6.07, 6.45) is 0. The average Bonchev–Trinajstić information content (AvgIpc) is 3.31. The van der Waals surface area contributed by atoms with Crippen LogP contribution in [0.5, 0.6) is 5.75 Å². The number of hydrazone groups is 1. The van der Waals surface area contributed by atoms with Crippen LogP contribution in [0, 0.1) is 0 Å². The van der Waals surface area contributed by atoms with Crippen molar-refractivity contribution in [2.45, 2.75) is 6.92 Å². The quantitative estimate of drug-likeness (QED) is 0.552. The van der Waals surface area contributed by atoms with Gasteiger partial charge in [0.05, 0.1) is 18.5 Å². The van der Waals surface area contributed by atoms with Crippen LogP contribution in [0.25, 0.3) is 11.3 Å². The number of ether oxygens (including phenoxy) is 1. The monoisotopic (exact) mass is 340 g/mol. The Morgan fingerprint density at radius 3 is 2.75 bits per heavy atom. The maximum absolute atomic E-state index is 12.2. The van der Waals surface area contributed by atoms with Crippen molar-refractivity contribution in [2.75, 3.05) is 7.11 Å². The largest absolute Gasteiger partial charge is 0.497 e. The number of hydrogen-bond acceptors (Lipinski definition) is 5. The summed E-state index contributed by atoms with van der Waals surface area (Å²) in [6, 6.07) is 13.0. The molecule has 0 saturated heterocycles. The predicted octanol–water partition coefficient (Wildman–Crippen LogP) is 3.30. The molecule has 0 aliphatic heterocycles. The van der Waals surface area contributed by atoms with Gasteiger partial charge in [-0.3, -0.25) is 9.89 Å². The second-order valence-electron chi connectivity index (χ2n) is 5.01. The highest BCUT2D eigenvalue weighted by Gasteiger charge is 2.11. The molecule has 3 aromatic rings. The highest BCUT2D eigenvalue weighted by molar-refractivity contribution is 7.12. The first-order valence-corrected chi connectivity index (χ1v) is 8.13. The number of benzene rings is 1. The van der Waals surface area contributed by atoms with Crippen LogP contribution in [0.3, 0.4) is 0 Å². The van der Waals surface area contributed by atoms with Crippen molar-refractivity contribution in [1.82, 2.24) is 15.6 Å². The van der Waals surface area contributed by atoms with Gasteiger partial charge in [-0.1, -0.05) is 6.07 Å². The molecule has 1 aromatic carbocycles. The normalized spacial score (nSPS) is 11.3. The lowest BCUT2D eigenvalue weighted by atomic mass is 10.1. The fourth-order valence-corrected chi connectivity index (χ4v) is 2.76. The van der Waals surface area contributed by atoms with Crippen molar-refractivity contribution in [3.63, 3.8) is 0 Å². The maximum atomic E-state index is 12.2. The minimum absolute atomic E-state index is 0.335. The third-order valence-electron chi connectivity index (χ3n) is 3.41. The van der Waals surface area contributed by atoms with Crippen LogP contribution in [0.1, 0.15) is 22.3 Å². The number of carbonyl (C=O) groups is 1. The minimum atomic E-state index is -0.335. The summed E-state index contributed by atoms with van der Waals surface area (Å²) in [4.78, 5) is 13.2.